The van der Waals surface area contributed by atoms with Gasteiger partial charge in [0.25, 0.3) is 0 Å². The average Bonchev–Trinajstić information content (AvgIpc) is 2.41. The summed E-state index contributed by atoms with van der Waals surface area (Å²) in [6.07, 6.45) is 0. The van der Waals surface area contributed by atoms with Gasteiger partial charge < -0.3 is 4.74 Å². The van der Waals surface area contributed by atoms with E-state index < -0.39 is 0 Å². The maximum absolute atomic E-state index is 6.24. The van der Waals surface area contributed by atoms with Crippen molar-refractivity contribution in [3.8, 4) is 5.75 Å². The zero-order valence-electron chi connectivity index (χ0n) is 10.7. The first-order chi connectivity index (χ1) is 9.54. The topological polar surface area (TPSA) is 9.23 Å². The molecule has 0 aliphatic rings. The molecule has 0 spiro atoms. The van der Waals surface area contributed by atoms with E-state index in [4.69, 9.17) is 27.9 Å². The Kier molecular flexibility index (Phi) is 5.79. The Morgan fingerprint density at radius 1 is 1.15 bits per heavy atom. The van der Waals surface area contributed by atoms with Crippen LogP contribution in [0, 0.1) is 0 Å². The summed E-state index contributed by atoms with van der Waals surface area (Å²) in [6.45, 7) is 2.59. The van der Waals surface area contributed by atoms with Gasteiger partial charge in [-0.25, -0.2) is 0 Å². The SMILES string of the molecule is CCOc1ccc(C(Br)c2c(Cl)cccc2Cl)cc1Br. The van der Waals surface area contributed by atoms with E-state index in [0.717, 1.165) is 21.3 Å². The monoisotopic (exact) mass is 436 g/mol. The normalized spacial score (nSPS) is 12.2. The Bertz CT molecular complexity index is 597. The molecule has 0 fully saturated rings. The van der Waals surface area contributed by atoms with E-state index in [2.05, 4.69) is 31.9 Å². The van der Waals surface area contributed by atoms with Gasteiger partial charge in [-0.3, -0.25) is 0 Å². The van der Waals surface area contributed by atoms with E-state index in [-0.39, 0.29) is 4.83 Å². The molecule has 1 unspecified atom stereocenters. The summed E-state index contributed by atoms with van der Waals surface area (Å²) < 4.78 is 6.42. The van der Waals surface area contributed by atoms with Gasteiger partial charge in [-0.1, -0.05) is 51.3 Å². The number of ether oxygens (including phenoxy) is 1. The van der Waals surface area contributed by atoms with Crippen LogP contribution in [-0.2, 0) is 0 Å². The van der Waals surface area contributed by atoms with Crippen molar-refractivity contribution in [2.45, 2.75) is 11.8 Å². The second-order valence-electron chi connectivity index (χ2n) is 4.12. The van der Waals surface area contributed by atoms with Gasteiger partial charge in [0, 0.05) is 15.6 Å². The highest BCUT2D eigenvalue weighted by atomic mass is 79.9. The molecular formula is C15H12Br2Cl2O. The number of hydrogen-bond donors (Lipinski definition) is 0. The molecule has 0 radical (unpaired) electrons. The van der Waals surface area contributed by atoms with E-state index in [1.165, 1.54) is 0 Å². The van der Waals surface area contributed by atoms with Crippen LogP contribution in [0.3, 0.4) is 0 Å². The van der Waals surface area contributed by atoms with E-state index in [1.807, 2.05) is 43.3 Å². The van der Waals surface area contributed by atoms with Gasteiger partial charge in [-0.05, 0) is 52.7 Å². The van der Waals surface area contributed by atoms with Gasteiger partial charge in [-0.2, -0.15) is 0 Å². The van der Waals surface area contributed by atoms with Crippen LogP contribution in [0.1, 0.15) is 22.9 Å². The lowest BCUT2D eigenvalue weighted by molar-refractivity contribution is 0.338. The third-order valence-electron chi connectivity index (χ3n) is 2.80. The van der Waals surface area contributed by atoms with Gasteiger partial charge in [-0.15, -0.1) is 0 Å². The second kappa shape index (κ2) is 7.17. The van der Waals surface area contributed by atoms with Crippen LogP contribution in [0.25, 0.3) is 0 Å². The number of alkyl halides is 1. The molecule has 0 saturated carbocycles. The van der Waals surface area contributed by atoms with Crippen LogP contribution in [0.5, 0.6) is 5.75 Å². The predicted molar refractivity (Wildman–Crippen MR) is 92.5 cm³/mol. The highest BCUT2D eigenvalue weighted by molar-refractivity contribution is 9.10. The molecule has 20 heavy (non-hydrogen) atoms. The molecule has 2 rings (SSSR count). The number of rotatable bonds is 4. The van der Waals surface area contributed by atoms with Gasteiger partial charge >= 0.3 is 0 Å². The largest absolute Gasteiger partial charge is 0.493 e. The molecule has 0 aliphatic heterocycles. The van der Waals surface area contributed by atoms with E-state index in [0.29, 0.717) is 16.7 Å². The van der Waals surface area contributed by atoms with Gasteiger partial charge in [0.2, 0.25) is 0 Å². The summed E-state index contributed by atoms with van der Waals surface area (Å²) in [5.74, 6) is 0.821. The van der Waals surface area contributed by atoms with Crippen molar-refractivity contribution in [2.24, 2.45) is 0 Å². The number of hydrogen-bond acceptors (Lipinski definition) is 1. The quantitative estimate of drug-likeness (QED) is 0.486. The van der Waals surface area contributed by atoms with Crippen LogP contribution < -0.4 is 4.74 Å². The van der Waals surface area contributed by atoms with Crippen LogP contribution >= 0.6 is 55.1 Å². The van der Waals surface area contributed by atoms with Crippen molar-refractivity contribution in [1.29, 1.82) is 0 Å². The fourth-order valence-corrected chi connectivity index (χ4v) is 4.04. The molecule has 0 bridgehead atoms. The molecule has 0 N–H and O–H groups in total. The molecule has 0 aromatic heterocycles. The summed E-state index contributed by atoms with van der Waals surface area (Å²) in [4.78, 5) is -0.0734. The predicted octanol–water partition coefficient (Wildman–Crippen LogP) is 6.64. The summed E-state index contributed by atoms with van der Waals surface area (Å²) in [7, 11) is 0. The maximum Gasteiger partial charge on any atom is 0.133 e. The summed E-state index contributed by atoms with van der Waals surface area (Å²) >= 11 is 19.7. The molecule has 5 heteroatoms. The zero-order chi connectivity index (χ0) is 14.7. The van der Waals surface area contributed by atoms with E-state index in [1.54, 1.807) is 0 Å². The zero-order valence-corrected chi connectivity index (χ0v) is 15.4. The second-order valence-corrected chi connectivity index (χ2v) is 6.71. The van der Waals surface area contributed by atoms with Gasteiger partial charge in [0.05, 0.1) is 15.9 Å². The lowest BCUT2D eigenvalue weighted by Gasteiger charge is -2.16. The summed E-state index contributed by atoms with van der Waals surface area (Å²) in [5.41, 5.74) is 1.92. The molecule has 0 heterocycles. The molecule has 2 aromatic rings. The molecule has 0 saturated heterocycles. The number of halogens is 4. The van der Waals surface area contributed by atoms with Crippen molar-refractivity contribution in [1.82, 2.24) is 0 Å². The molecule has 0 aliphatic carbocycles. The van der Waals surface area contributed by atoms with Crippen LogP contribution in [0.2, 0.25) is 10.0 Å². The Hall–Kier alpha value is -0.220. The van der Waals surface area contributed by atoms with Crippen molar-refractivity contribution >= 4 is 55.1 Å². The lowest BCUT2D eigenvalue weighted by Crippen LogP contribution is -1.97. The fourth-order valence-electron chi connectivity index (χ4n) is 1.87. The molecular weight excluding hydrogens is 427 g/mol. The van der Waals surface area contributed by atoms with Crippen LogP contribution in [-0.4, -0.2) is 6.61 Å². The molecule has 2 aromatic carbocycles. The summed E-state index contributed by atoms with van der Waals surface area (Å²) in [5, 5.41) is 1.29. The maximum atomic E-state index is 6.24. The molecule has 1 atom stereocenters. The van der Waals surface area contributed by atoms with Crippen molar-refractivity contribution in [3.63, 3.8) is 0 Å². The minimum absolute atomic E-state index is 0.0734. The number of benzene rings is 2. The van der Waals surface area contributed by atoms with Gasteiger partial charge in [0.1, 0.15) is 5.75 Å². The van der Waals surface area contributed by atoms with Crippen LogP contribution in [0.15, 0.2) is 40.9 Å². The molecule has 0 amide bonds. The standard InChI is InChI=1S/C15H12Br2Cl2O/c1-2-20-13-7-6-9(8-10(13)16)15(17)14-11(18)4-3-5-12(14)19/h3-8,15H,2H2,1H3. The smallest absolute Gasteiger partial charge is 0.133 e. The van der Waals surface area contributed by atoms with Gasteiger partial charge in [0.15, 0.2) is 0 Å². The Balaban J connectivity index is 2.39. The Labute approximate surface area is 145 Å². The van der Waals surface area contributed by atoms with Crippen molar-refractivity contribution in [2.75, 3.05) is 6.61 Å². The average molecular weight is 439 g/mol. The minimum atomic E-state index is -0.0734. The lowest BCUT2D eigenvalue weighted by atomic mass is 10.0. The minimum Gasteiger partial charge on any atom is -0.493 e. The Morgan fingerprint density at radius 3 is 2.35 bits per heavy atom. The summed E-state index contributed by atoms with van der Waals surface area (Å²) in [6, 6.07) is 11.4. The highest BCUT2D eigenvalue weighted by Gasteiger charge is 2.18. The third kappa shape index (κ3) is 3.51. The first kappa shape index (κ1) is 16.2. The van der Waals surface area contributed by atoms with Crippen molar-refractivity contribution < 1.29 is 4.74 Å². The van der Waals surface area contributed by atoms with E-state index in [9.17, 15) is 0 Å². The van der Waals surface area contributed by atoms with Crippen LogP contribution in [0.4, 0.5) is 0 Å². The third-order valence-corrected chi connectivity index (χ3v) is 5.07. The first-order valence-electron chi connectivity index (χ1n) is 6.04. The van der Waals surface area contributed by atoms with Crippen molar-refractivity contribution in [3.05, 3.63) is 62.0 Å². The highest BCUT2D eigenvalue weighted by Crippen LogP contribution is 2.41. The molecule has 1 nitrogen and oxygen atoms in total. The van der Waals surface area contributed by atoms with E-state index >= 15 is 0 Å². The fraction of sp³-hybridized carbons (Fsp3) is 0.200. The molecule has 106 valence electrons. The Morgan fingerprint density at radius 2 is 1.80 bits per heavy atom. The first-order valence-corrected chi connectivity index (χ1v) is 8.51.